The molecule has 2 aromatic rings. The van der Waals surface area contributed by atoms with Gasteiger partial charge in [-0.25, -0.2) is 4.39 Å². The Morgan fingerprint density at radius 2 is 1.95 bits per heavy atom. The van der Waals surface area contributed by atoms with E-state index in [1.165, 1.54) is 18.2 Å². The van der Waals surface area contributed by atoms with Crippen molar-refractivity contribution in [1.82, 2.24) is 0 Å². The summed E-state index contributed by atoms with van der Waals surface area (Å²) in [5, 5.41) is 2.61. The van der Waals surface area contributed by atoms with Gasteiger partial charge < -0.3 is 10.1 Å². The Hall–Kier alpha value is -2.07. The number of carbonyl (C=O) groups is 1. The number of benzene rings is 2. The molecule has 0 aliphatic carbocycles. The molecule has 0 radical (unpaired) electrons. The lowest BCUT2D eigenvalue weighted by Gasteiger charge is -2.17. The number of anilines is 1. The number of hydrogen-bond donors (Lipinski definition) is 1. The fraction of sp³-hybridized carbons (Fsp3) is 0.235. The zero-order valence-corrected chi connectivity index (χ0v) is 13.4. The van der Waals surface area contributed by atoms with Crippen LogP contribution in [0.5, 0.6) is 5.75 Å². The highest BCUT2D eigenvalue weighted by Crippen LogP contribution is 2.22. The third-order valence-electron chi connectivity index (χ3n) is 3.20. The molecular weight excluding hydrogens is 305 g/mol. The Morgan fingerprint density at radius 1 is 1.23 bits per heavy atom. The summed E-state index contributed by atoms with van der Waals surface area (Å²) in [6.07, 6.45) is -0.690. The molecule has 1 atom stereocenters. The van der Waals surface area contributed by atoms with Crippen LogP contribution in [0.25, 0.3) is 0 Å². The molecule has 116 valence electrons. The lowest BCUT2D eigenvalue weighted by molar-refractivity contribution is -0.122. The van der Waals surface area contributed by atoms with Crippen LogP contribution in [0.4, 0.5) is 10.1 Å². The van der Waals surface area contributed by atoms with Crippen LogP contribution in [0, 0.1) is 19.7 Å². The average Bonchev–Trinajstić information content (AvgIpc) is 2.46. The van der Waals surface area contributed by atoms with Gasteiger partial charge in [0.1, 0.15) is 11.6 Å². The summed E-state index contributed by atoms with van der Waals surface area (Å²) in [5.41, 5.74) is 2.43. The van der Waals surface area contributed by atoms with Gasteiger partial charge in [-0.05, 0) is 56.2 Å². The highest BCUT2D eigenvalue weighted by Gasteiger charge is 2.16. The largest absolute Gasteiger partial charge is 0.481 e. The molecule has 22 heavy (non-hydrogen) atoms. The molecule has 1 amide bonds. The van der Waals surface area contributed by atoms with E-state index in [2.05, 4.69) is 5.32 Å². The van der Waals surface area contributed by atoms with Crippen molar-refractivity contribution in [2.45, 2.75) is 26.9 Å². The van der Waals surface area contributed by atoms with Crippen molar-refractivity contribution in [3.8, 4) is 5.75 Å². The fourth-order valence-corrected chi connectivity index (χ4v) is 2.08. The maximum absolute atomic E-state index is 13.1. The first-order valence-electron chi connectivity index (χ1n) is 6.86. The Bertz CT molecular complexity index is 703. The van der Waals surface area contributed by atoms with E-state index < -0.39 is 11.9 Å². The molecule has 0 saturated carbocycles. The van der Waals surface area contributed by atoms with E-state index in [0.29, 0.717) is 11.4 Å². The maximum atomic E-state index is 13.1. The van der Waals surface area contributed by atoms with Gasteiger partial charge in [-0.1, -0.05) is 23.7 Å². The van der Waals surface area contributed by atoms with Gasteiger partial charge in [0.2, 0.25) is 0 Å². The number of nitrogens with one attached hydrogen (secondary N) is 1. The van der Waals surface area contributed by atoms with Gasteiger partial charge in [-0.15, -0.1) is 0 Å². The van der Waals surface area contributed by atoms with Crippen LogP contribution in [0.15, 0.2) is 36.4 Å². The molecule has 1 N–H and O–H groups in total. The van der Waals surface area contributed by atoms with E-state index in [0.717, 1.165) is 11.1 Å². The van der Waals surface area contributed by atoms with Crippen molar-refractivity contribution in [3.63, 3.8) is 0 Å². The van der Waals surface area contributed by atoms with Crippen LogP contribution < -0.4 is 10.1 Å². The van der Waals surface area contributed by atoms with Gasteiger partial charge in [0.15, 0.2) is 6.10 Å². The van der Waals surface area contributed by atoms with E-state index >= 15 is 0 Å². The maximum Gasteiger partial charge on any atom is 0.265 e. The molecular formula is C17H17ClFNO2. The molecule has 2 rings (SSSR count). The van der Waals surface area contributed by atoms with Crippen molar-refractivity contribution in [1.29, 1.82) is 0 Å². The summed E-state index contributed by atoms with van der Waals surface area (Å²) in [6, 6.07) is 9.81. The van der Waals surface area contributed by atoms with Crippen molar-refractivity contribution in [2.24, 2.45) is 0 Å². The van der Waals surface area contributed by atoms with E-state index in [1.54, 1.807) is 6.92 Å². The zero-order chi connectivity index (χ0) is 16.3. The Labute approximate surface area is 134 Å². The van der Waals surface area contributed by atoms with Crippen molar-refractivity contribution in [3.05, 3.63) is 58.4 Å². The van der Waals surface area contributed by atoms with Crippen LogP contribution in [0.1, 0.15) is 18.1 Å². The first kappa shape index (κ1) is 16.3. The molecule has 0 bridgehead atoms. The molecule has 0 aliphatic heterocycles. The Morgan fingerprint density at radius 3 is 2.64 bits per heavy atom. The normalized spacial score (nSPS) is 11.9. The molecule has 0 aliphatic rings. The molecule has 2 aromatic carbocycles. The quantitative estimate of drug-likeness (QED) is 0.900. The van der Waals surface area contributed by atoms with E-state index in [4.69, 9.17) is 16.3 Å². The predicted octanol–water partition coefficient (Wildman–Crippen LogP) is 4.50. The van der Waals surface area contributed by atoms with Crippen molar-refractivity contribution in [2.75, 3.05) is 5.32 Å². The van der Waals surface area contributed by atoms with Crippen LogP contribution in [0.3, 0.4) is 0 Å². The number of halogens is 2. The summed E-state index contributed by atoms with van der Waals surface area (Å²) >= 11 is 5.69. The van der Waals surface area contributed by atoms with Crippen molar-refractivity contribution < 1.29 is 13.9 Å². The lowest BCUT2D eigenvalue weighted by atomic mass is 10.1. The minimum absolute atomic E-state index is 0.0408. The second-order valence-electron chi connectivity index (χ2n) is 5.15. The molecule has 0 aromatic heterocycles. The number of carbonyl (C=O) groups excluding carboxylic acids is 1. The van der Waals surface area contributed by atoms with Crippen molar-refractivity contribution >= 4 is 23.2 Å². The number of ether oxygens (including phenoxy) is 1. The third-order valence-corrected chi connectivity index (χ3v) is 3.49. The first-order chi connectivity index (χ1) is 10.4. The zero-order valence-electron chi connectivity index (χ0n) is 12.6. The van der Waals surface area contributed by atoms with Gasteiger partial charge in [0.25, 0.3) is 5.91 Å². The standard InChI is InChI=1S/C17H17ClFNO2/c1-10-4-5-11(2)16(8-10)22-12(3)17(21)20-13-6-7-15(19)14(18)9-13/h4-9,12H,1-3H3,(H,20,21). The number of amides is 1. The number of aryl methyl sites for hydroxylation is 2. The second kappa shape index (κ2) is 6.79. The lowest BCUT2D eigenvalue weighted by Crippen LogP contribution is -2.30. The third kappa shape index (κ3) is 3.98. The Balaban J connectivity index is 2.05. The van der Waals surface area contributed by atoms with E-state index in [9.17, 15) is 9.18 Å². The number of rotatable bonds is 4. The van der Waals surface area contributed by atoms with Gasteiger partial charge >= 0.3 is 0 Å². The van der Waals surface area contributed by atoms with Gasteiger partial charge in [-0.3, -0.25) is 4.79 Å². The van der Waals surface area contributed by atoms with Crippen LogP contribution in [-0.4, -0.2) is 12.0 Å². The summed E-state index contributed by atoms with van der Waals surface area (Å²) in [4.78, 5) is 12.1. The summed E-state index contributed by atoms with van der Waals surface area (Å²) in [7, 11) is 0. The highest BCUT2D eigenvalue weighted by molar-refractivity contribution is 6.31. The molecule has 0 saturated heterocycles. The smallest absolute Gasteiger partial charge is 0.265 e. The first-order valence-corrected chi connectivity index (χ1v) is 7.24. The SMILES string of the molecule is Cc1ccc(C)c(OC(C)C(=O)Nc2ccc(F)c(Cl)c2)c1. The highest BCUT2D eigenvalue weighted by atomic mass is 35.5. The molecule has 0 heterocycles. The van der Waals surface area contributed by atoms with Crippen LogP contribution in [-0.2, 0) is 4.79 Å². The fourth-order valence-electron chi connectivity index (χ4n) is 1.90. The minimum atomic E-state index is -0.690. The number of hydrogen-bond acceptors (Lipinski definition) is 2. The summed E-state index contributed by atoms with van der Waals surface area (Å²) < 4.78 is 18.8. The van der Waals surface area contributed by atoms with Gasteiger partial charge in [0, 0.05) is 5.69 Å². The molecule has 0 fully saturated rings. The second-order valence-corrected chi connectivity index (χ2v) is 5.55. The summed E-state index contributed by atoms with van der Waals surface area (Å²) in [6.45, 7) is 5.53. The topological polar surface area (TPSA) is 38.3 Å². The van der Waals surface area contributed by atoms with E-state index in [1.807, 2.05) is 32.0 Å². The summed E-state index contributed by atoms with van der Waals surface area (Å²) in [5.74, 6) is -0.192. The van der Waals surface area contributed by atoms with Crippen LogP contribution >= 0.6 is 11.6 Å². The van der Waals surface area contributed by atoms with E-state index in [-0.39, 0.29) is 10.9 Å². The molecule has 3 nitrogen and oxygen atoms in total. The molecule has 5 heteroatoms. The molecule has 1 unspecified atom stereocenters. The average molecular weight is 322 g/mol. The van der Waals surface area contributed by atoms with Crippen LogP contribution in [0.2, 0.25) is 5.02 Å². The minimum Gasteiger partial charge on any atom is -0.481 e. The Kier molecular flexibility index (Phi) is 5.03. The monoisotopic (exact) mass is 321 g/mol. The molecule has 0 spiro atoms. The van der Waals surface area contributed by atoms with Gasteiger partial charge in [0.05, 0.1) is 5.02 Å². The van der Waals surface area contributed by atoms with Gasteiger partial charge in [-0.2, -0.15) is 0 Å². The predicted molar refractivity (Wildman–Crippen MR) is 86.0 cm³/mol.